The topological polar surface area (TPSA) is 81.0 Å². The van der Waals surface area contributed by atoms with Crippen molar-refractivity contribution in [3.8, 4) is 11.4 Å². The van der Waals surface area contributed by atoms with Crippen LogP contribution < -0.4 is 0 Å². The van der Waals surface area contributed by atoms with Crippen molar-refractivity contribution in [1.29, 1.82) is 0 Å². The van der Waals surface area contributed by atoms with E-state index in [1.54, 1.807) is 12.4 Å². The lowest BCUT2D eigenvalue weighted by atomic mass is 10.2. The monoisotopic (exact) mass is 345 g/mol. The van der Waals surface area contributed by atoms with Gasteiger partial charge in [0, 0.05) is 37.5 Å². The second-order valence-electron chi connectivity index (χ2n) is 5.53. The standard InChI is InChI=1S/C16H19N5O2S/c1-2-9-21-15(12-5-7-17-8-6-12)18-19-16(21)24-11-14(23)20-10-3-4-13(20)22/h5-8H,2-4,9-11H2,1H3. The number of thioether (sulfide) groups is 1. The molecule has 1 aliphatic heterocycles. The Labute approximate surface area is 144 Å². The molecule has 0 N–H and O–H groups in total. The zero-order valence-corrected chi connectivity index (χ0v) is 14.3. The first-order valence-electron chi connectivity index (χ1n) is 8.00. The molecule has 0 atom stereocenters. The van der Waals surface area contributed by atoms with Gasteiger partial charge in [0.2, 0.25) is 11.8 Å². The number of carbonyl (C=O) groups excluding carboxylic acids is 2. The van der Waals surface area contributed by atoms with Gasteiger partial charge in [0.1, 0.15) is 0 Å². The fourth-order valence-corrected chi connectivity index (χ4v) is 3.49. The normalized spacial score (nSPS) is 14.4. The molecule has 24 heavy (non-hydrogen) atoms. The number of amides is 2. The molecule has 0 radical (unpaired) electrons. The van der Waals surface area contributed by atoms with E-state index in [0.717, 1.165) is 30.8 Å². The van der Waals surface area contributed by atoms with Crippen LogP contribution in [0.3, 0.4) is 0 Å². The molecule has 1 fully saturated rings. The van der Waals surface area contributed by atoms with Gasteiger partial charge in [-0.05, 0) is 25.0 Å². The molecule has 0 aromatic carbocycles. The van der Waals surface area contributed by atoms with Crippen LogP contribution in [0.2, 0.25) is 0 Å². The SMILES string of the molecule is CCCn1c(SCC(=O)N2CCCC2=O)nnc1-c1ccncc1. The molecule has 1 saturated heterocycles. The molecule has 0 aliphatic carbocycles. The van der Waals surface area contributed by atoms with Crippen LogP contribution in [-0.2, 0) is 16.1 Å². The second-order valence-corrected chi connectivity index (χ2v) is 6.47. The summed E-state index contributed by atoms with van der Waals surface area (Å²) in [5.74, 6) is 0.739. The summed E-state index contributed by atoms with van der Waals surface area (Å²) in [4.78, 5) is 29.2. The van der Waals surface area contributed by atoms with Gasteiger partial charge in [0.05, 0.1) is 5.75 Å². The lowest BCUT2D eigenvalue weighted by Gasteiger charge is -2.13. The molecule has 1 aliphatic rings. The number of aromatic nitrogens is 4. The van der Waals surface area contributed by atoms with Crippen LogP contribution in [0.25, 0.3) is 11.4 Å². The van der Waals surface area contributed by atoms with E-state index in [9.17, 15) is 9.59 Å². The van der Waals surface area contributed by atoms with Crippen LogP contribution in [-0.4, -0.2) is 48.8 Å². The summed E-state index contributed by atoms with van der Waals surface area (Å²) < 4.78 is 2.01. The highest BCUT2D eigenvalue weighted by Gasteiger charge is 2.26. The van der Waals surface area contributed by atoms with E-state index in [-0.39, 0.29) is 17.6 Å². The average Bonchev–Trinajstić information content (AvgIpc) is 3.20. The Kier molecular flexibility index (Phi) is 5.24. The van der Waals surface area contributed by atoms with Crippen LogP contribution in [0.4, 0.5) is 0 Å². The number of hydrogen-bond donors (Lipinski definition) is 0. The van der Waals surface area contributed by atoms with Crippen LogP contribution in [0, 0.1) is 0 Å². The molecule has 3 rings (SSSR count). The van der Waals surface area contributed by atoms with E-state index in [0.29, 0.717) is 18.1 Å². The second kappa shape index (κ2) is 7.57. The van der Waals surface area contributed by atoms with E-state index in [1.807, 2.05) is 16.7 Å². The minimum atomic E-state index is -0.154. The third-order valence-electron chi connectivity index (χ3n) is 3.80. The Hall–Kier alpha value is -2.22. The minimum absolute atomic E-state index is 0.0758. The van der Waals surface area contributed by atoms with E-state index in [2.05, 4.69) is 22.1 Å². The molecule has 0 bridgehead atoms. The Bertz CT molecular complexity index is 731. The number of carbonyl (C=O) groups is 2. The molecule has 2 amide bonds. The van der Waals surface area contributed by atoms with Crippen LogP contribution >= 0.6 is 11.8 Å². The fraction of sp³-hybridized carbons (Fsp3) is 0.438. The van der Waals surface area contributed by atoms with Gasteiger partial charge in [-0.2, -0.15) is 0 Å². The molecule has 126 valence electrons. The Morgan fingerprint density at radius 2 is 2.08 bits per heavy atom. The average molecular weight is 345 g/mol. The molecular weight excluding hydrogens is 326 g/mol. The van der Waals surface area contributed by atoms with Gasteiger partial charge in [-0.15, -0.1) is 10.2 Å². The summed E-state index contributed by atoms with van der Waals surface area (Å²) in [6, 6.07) is 3.78. The van der Waals surface area contributed by atoms with E-state index in [4.69, 9.17) is 0 Å². The fourth-order valence-electron chi connectivity index (χ4n) is 2.65. The summed E-state index contributed by atoms with van der Waals surface area (Å²) >= 11 is 1.33. The molecular formula is C16H19N5O2S. The molecule has 0 saturated carbocycles. The van der Waals surface area contributed by atoms with Crippen molar-refractivity contribution < 1.29 is 9.59 Å². The first-order chi connectivity index (χ1) is 11.7. The van der Waals surface area contributed by atoms with Crippen molar-refractivity contribution in [2.45, 2.75) is 37.9 Å². The van der Waals surface area contributed by atoms with Crippen LogP contribution in [0.1, 0.15) is 26.2 Å². The van der Waals surface area contributed by atoms with E-state index in [1.165, 1.54) is 16.7 Å². The summed E-state index contributed by atoms with van der Waals surface area (Å²) in [6.45, 7) is 3.38. The summed E-state index contributed by atoms with van der Waals surface area (Å²) in [5, 5.41) is 9.19. The number of imide groups is 1. The van der Waals surface area contributed by atoms with Gasteiger partial charge in [-0.3, -0.25) is 19.5 Å². The van der Waals surface area contributed by atoms with Crippen molar-refractivity contribution in [2.75, 3.05) is 12.3 Å². The van der Waals surface area contributed by atoms with Crippen molar-refractivity contribution >= 4 is 23.6 Å². The van der Waals surface area contributed by atoms with Crippen LogP contribution in [0.15, 0.2) is 29.7 Å². The van der Waals surface area contributed by atoms with Gasteiger partial charge in [-0.25, -0.2) is 0 Å². The highest BCUT2D eigenvalue weighted by molar-refractivity contribution is 7.99. The highest BCUT2D eigenvalue weighted by Crippen LogP contribution is 2.24. The number of pyridine rings is 1. The van der Waals surface area contributed by atoms with Crippen molar-refractivity contribution in [3.63, 3.8) is 0 Å². The largest absolute Gasteiger partial charge is 0.302 e. The molecule has 3 heterocycles. The number of nitrogens with zero attached hydrogens (tertiary/aromatic N) is 5. The third kappa shape index (κ3) is 3.48. The molecule has 0 spiro atoms. The highest BCUT2D eigenvalue weighted by atomic mass is 32.2. The number of hydrogen-bond acceptors (Lipinski definition) is 6. The van der Waals surface area contributed by atoms with Gasteiger partial charge in [-0.1, -0.05) is 18.7 Å². The summed E-state index contributed by atoms with van der Waals surface area (Å²) in [7, 11) is 0. The van der Waals surface area contributed by atoms with E-state index >= 15 is 0 Å². The summed E-state index contributed by atoms with van der Waals surface area (Å²) in [5.41, 5.74) is 0.943. The molecule has 8 heteroatoms. The smallest absolute Gasteiger partial charge is 0.239 e. The maximum atomic E-state index is 12.2. The van der Waals surface area contributed by atoms with Gasteiger partial charge in [0.25, 0.3) is 0 Å². The van der Waals surface area contributed by atoms with E-state index < -0.39 is 0 Å². The Morgan fingerprint density at radius 1 is 1.29 bits per heavy atom. The summed E-state index contributed by atoms with van der Waals surface area (Å²) in [6.07, 6.45) is 5.59. The maximum absolute atomic E-state index is 12.2. The van der Waals surface area contributed by atoms with Crippen molar-refractivity contribution in [1.82, 2.24) is 24.6 Å². The predicted octanol–water partition coefficient (Wildman–Crippen LogP) is 1.99. The lowest BCUT2D eigenvalue weighted by Crippen LogP contribution is -2.33. The first kappa shape index (κ1) is 16.6. The maximum Gasteiger partial charge on any atom is 0.239 e. The van der Waals surface area contributed by atoms with Gasteiger partial charge >= 0.3 is 0 Å². The Morgan fingerprint density at radius 3 is 2.75 bits per heavy atom. The Balaban J connectivity index is 1.75. The molecule has 2 aromatic rings. The van der Waals surface area contributed by atoms with Crippen molar-refractivity contribution in [3.05, 3.63) is 24.5 Å². The molecule has 0 unspecified atom stereocenters. The third-order valence-corrected chi connectivity index (χ3v) is 4.75. The zero-order valence-electron chi connectivity index (χ0n) is 13.5. The first-order valence-corrected chi connectivity index (χ1v) is 8.99. The minimum Gasteiger partial charge on any atom is -0.302 e. The lowest BCUT2D eigenvalue weighted by molar-refractivity contribution is -0.140. The molecule has 2 aromatic heterocycles. The zero-order chi connectivity index (χ0) is 16.9. The quantitative estimate of drug-likeness (QED) is 0.745. The van der Waals surface area contributed by atoms with Gasteiger partial charge in [0.15, 0.2) is 11.0 Å². The van der Waals surface area contributed by atoms with Crippen molar-refractivity contribution in [2.24, 2.45) is 0 Å². The molecule has 7 nitrogen and oxygen atoms in total. The number of rotatable bonds is 6. The van der Waals surface area contributed by atoms with Crippen LogP contribution in [0.5, 0.6) is 0 Å². The number of likely N-dealkylation sites (tertiary alicyclic amines) is 1. The predicted molar refractivity (Wildman–Crippen MR) is 90.2 cm³/mol. The van der Waals surface area contributed by atoms with Gasteiger partial charge < -0.3 is 4.57 Å².